The Morgan fingerprint density at radius 1 is 0.940 bits per heavy atom. The van der Waals surface area contributed by atoms with Gasteiger partial charge in [0.05, 0.1) is 18.6 Å². The van der Waals surface area contributed by atoms with Gasteiger partial charge in [0, 0.05) is 23.4 Å². The highest BCUT2D eigenvalue weighted by molar-refractivity contribution is 5.97. The summed E-state index contributed by atoms with van der Waals surface area (Å²) in [5.74, 6) is 4.09. The zero-order valence-electron chi connectivity index (χ0n) is 32.9. The minimum atomic E-state index is -0.366. The summed E-state index contributed by atoms with van der Waals surface area (Å²) in [6.07, 6.45) is 15.2. The Morgan fingerprint density at radius 3 is 2.36 bits per heavy atom. The van der Waals surface area contributed by atoms with Gasteiger partial charge in [-0.1, -0.05) is 78.2 Å². The molecule has 0 saturated heterocycles. The van der Waals surface area contributed by atoms with Gasteiger partial charge in [0.2, 0.25) is 0 Å². The first kappa shape index (κ1) is 37.0. The smallest absolute Gasteiger partial charge is 0.336 e. The molecule has 0 radical (unpaired) electrons. The Kier molecular flexibility index (Phi) is 9.85. The molecule has 3 aromatic rings. The van der Waals surface area contributed by atoms with Crippen LogP contribution in [0.25, 0.3) is 21.9 Å². The normalized spacial score (nSPS) is 32.2. The summed E-state index contributed by atoms with van der Waals surface area (Å²) in [5.41, 5.74) is 7.23. The third-order valence-corrected chi connectivity index (χ3v) is 14.8. The number of hydrogen-bond acceptors (Lipinski definition) is 5. The van der Waals surface area contributed by atoms with Crippen molar-refractivity contribution in [2.45, 2.75) is 145 Å². The predicted octanol–water partition coefficient (Wildman–Crippen LogP) is 12.2. The highest BCUT2D eigenvalue weighted by Gasteiger charge is 2.63. The maximum absolute atomic E-state index is 11.2. The Hall–Kier alpha value is -2.79. The van der Waals surface area contributed by atoms with Crippen LogP contribution in [0, 0.1) is 39.4 Å². The summed E-state index contributed by atoms with van der Waals surface area (Å²) in [5, 5.41) is 12.6. The molecule has 7 rings (SSSR count). The molecule has 4 aliphatic carbocycles. The molecule has 7 unspecified atom stereocenters. The van der Waals surface area contributed by atoms with Gasteiger partial charge in [0.15, 0.2) is 5.75 Å². The van der Waals surface area contributed by atoms with Crippen LogP contribution in [-0.4, -0.2) is 18.3 Å². The summed E-state index contributed by atoms with van der Waals surface area (Å²) in [7, 11) is 1.63. The largest absolute Gasteiger partial charge is 0.492 e. The van der Waals surface area contributed by atoms with Gasteiger partial charge >= 0.3 is 5.63 Å². The van der Waals surface area contributed by atoms with Crippen LogP contribution in [0.1, 0.15) is 145 Å². The third kappa shape index (κ3) is 5.92. The first-order valence-corrected chi connectivity index (χ1v) is 19.6. The van der Waals surface area contributed by atoms with E-state index in [0.717, 1.165) is 40.5 Å². The van der Waals surface area contributed by atoms with Gasteiger partial charge in [0.25, 0.3) is 0 Å². The lowest BCUT2D eigenvalue weighted by Crippen LogP contribution is -2.55. The van der Waals surface area contributed by atoms with Crippen LogP contribution in [-0.2, 0) is 0 Å². The lowest BCUT2D eigenvalue weighted by atomic mass is 9.43. The van der Waals surface area contributed by atoms with Gasteiger partial charge < -0.3 is 18.7 Å². The number of furan rings is 1. The van der Waals surface area contributed by atoms with Crippen molar-refractivity contribution in [1.82, 2.24) is 0 Å². The summed E-state index contributed by atoms with van der Waals surface area (Å²) >= 11 is 0. The van der Waals surface area contributed by atoms with Crippen molar-refractivity contribution in [1.29, 1.82) is 0 Å². The number of benzene rings is 1. The zero-order chi connectivity index (χ0) is 36.4. The fraction of sp³-hybridized carbons (Fsp3) is 0.667. The number of aliphatic hydroxyl groups is 1. The van der Waals surface area contributed by atoms with Gasteiger partial charge in [-0.05, 0) is 130 Å². The average molecular weight is 685 g/mol. The predicted molar refractivity (Wildman–Crippen MR) is 206 cm³/mol. The molecular formula is C45H64O5. The number of methoxy groups -OCH3 is 1. The molecule has 0 bridgehead atoms. The minimum Gasteiger partial charge on any atom is -0.492 e. The number of rotatable bonds is 6. The molecule has 50 heavy (non-hydrogen) atoms. The maximum atomic E-state index is 11.2. The molecule has 4 aliphatic rings. The Morgan fingerprint density at radius 2 is 1.68 bits per heavy atom. The van der Waals surface area contributed by atoms with Crippen LogP contribution in [0.3, 0.4) is 0 Å². The molecule has 5 heteroatoms. The lowest BCUT2D eigenvalue weighted by Gasteiger charge is -2.62. The number of fused-ring (bicyclic) bond motifs is 6. The van der Waals surface area contributed by atoms with Gasteiger partial charge in [-0.25, -0.2) is 4.79 Å². The molecule has 0 amide bonds. The lowest BCUT2D eigenvalue weighted by molar-refractivity contribution is -0.0962. The Labute approximate surface area is 300 Å². The van der Waals surface area contributed by atoms with Crippen molar-refractivity contribution in [2.75, 3.05) is 7.11 Å². The van der Waals surface area contributed by atoms with E-state index in [0.29, 0.717) is 33.3 Å². The van der Waals surface area contributed by atoms with E-state index in [4.69, 9.17) is 13.6 Å². The van der Waals surface area contributed by atoms with Crippen LogP contribution in [0.2, 0.25) is 0 Å². The van der Waals surface area contributed by atoms with E-state index in [1.807, 2.05) is 31.1 Å². The highest BCUT2D eigenvalue weighted by Crippen LogP contribution is 2.72. The van der Waals surface area contributed by atoms with E-state index in [9.17, 15) is 9.90 Å². The van der Waals surface area contributed by atoms with Crippen molar-refractivity contribution in [3.63, 3.8) is 0 Å². The number of aliphatic hydroxyl groups excluding tert-OH is 1. The van der Waals surface area contributed by atoms with Crippen molar-refractivity contribution in [3.8, 4) is 5.75 Å². The Balaban J connectivity index is 0.000000194. The second kappa shape index (κ2) is 13.3. The SMILES string of the molecule is CC(C)=CCCC(C)C1CCC2(C)C3=C(CCC12C)C1(C)CCC(O)C(C)(C)C1CC3.COc1c(C(C)C)oc2cc3oc(=O)ccc3cc12. The van der Waals surface area contributed by atoms with Crippen molar-refractivity contribution in [2.24, 2.45) is 39.4 Å². The van der Waals surface area contributed by atoms with Crippen molar-refractivity contribution >= 4 is 21.9 Å². The van der Waals surface area contributed by atoms with Gasteiger partial charge in [-0.15, -0.1) is 0 Å². The van der Waals surface area contributed by atoms with Crippen molar-refractivity contribution < 1.29 is 18.7 Å². The summed E-state index contributed by atoms with van der Waals surface area (Å²) in [4.78, 5) is 11.2. The van der Waals surface area contributed by atoms with Crippen molar-refractivity contribution in [3.05, 3.63) is 63.2 Å². The second-order valence-corrected chi connectivity index (χ2v) is 18.4. The molecule has 0 spiro atoms. The highest BCUT2D eigenvalue weighted by atomic mass is 16.5. The first-order valence-electron chi connectivity index (χ1n) is 19.6. The summed E-state index contributed by atoms with van der Waals surface area (Å²) < 4.78 is 16.4. The molecule has 2 heterocycles. The van der Waals surface area contributed by atoms with Crippen LogP contribution >= 0.6 is 0 Å². The Bertz CT molecular complexity index is 1850. The standard InChI is InChI=1S/C30H50O.C15H14O4/c1-20(2)10-9-11-21(3)22-14-18-30(8)24-12-13-25-27(4,5)26(31)16-17-28(25,6)23(24)15-19-29(22,30)7;1-8(2)14-15(17-3)10-6-9-4-5-13(16)18-11(9)7-12(10)19-14/h10,21-22,25-26,31H,9,11-19H2,1-8H3;4-8H,1-3H3. The van der Waals surface area contributed by atoms with Gasteiger partial charge in [-0.2, -0.15) is 0 Å². The maximum Gasteiger partial charge on any atom is 0.336 e. The summed E-state index contributed by atoms with van der Waals surface area (Å²) in [6, 6.07) is 6.80. The zero-order valence-corrected chi connectivity index (χ0v) is 32.9. The van der Waals surface area contributed by atoms with Crippen LogP contribution < -0.4 is 10.4 Å². The fourth-order valence-electron chi connectivity index (χ4n) is 11.7. The van der Waals surface area contributed by atoms with E-state index in [1.54, 1.807) is 19.2 Å². The van der Waals surface area contributed by atoms with Gasteiger partial charge in [-0.3, -0.25) is 0 Å². The monoisotopic (exact) mass is 684 g/mol. The molecule has 5 nitrogen and oxygen atoms in total. The van der Waals surface area contributed by atoms with E-state index in [-0.39, 0.29) is 23.1 Å². The number of ether oxygens (including phenoxy) is 1. The van der Waals surface area contributed by atoms with Crippen LogP contribution in [0.15, 0.2) is 60.7 Å². The van der Waals surface area contributed by atoms with E-state index < -0.39 is 0 Å². The topological polar surface area (TPSA) is 72.8 Å². The number of allylic oxidation sites excluding steroid dienone is 4. The quantitative estimate of drug-likeness (QED) is 0.207. The molecule has 2 aromatic heterocycles. The molecule has 1 aromatic carbocycles. The van der Waals surface area contributed by atoms with Crippen LogP contribution in [0.4, 0.5) is 0 Å². The molecule has 274 valence electrons. The van der Waals surface area contributed by atoms with E-state index >= 15 is 0 Å². The third-order valence-electron chi connectivity index (χ3n) is 14.8. The molecule has 1 N–H and O–H groups in total. The molecule has 7 atom stereocenters. The molecule has 2 saturated carbocycles. The first-order chi connectivity index (χ1) is 23.5. The van der Waals surface area contributed by atoms with E-state index in [2.05, 4.69) is 61.5 Å². The molecule has 2 fully saturated rings. The van der Waals surface area contributed by atoms with Gasteiger partial charge in [0.1, 0.15) is 16.9 Å². The fourth-order valence-corrected chi connectivity index (χ4v) is 11.7. The molecule has 0 aliphatic heterocycles. The average Bonchev–Trinajstić information content (AvgIpc) is 3.56. The minimum absolute atomic E-state index is 0.0465. The molecular weight excluding hydrogens is 620 g/mol. The summed E-state index contributed by atoms with van der Waals surface area (Å²) in [6.45, 7) is 23.7. The second-order valence-electron chi connectivity index (χ2n) is 18.4. The number of hydrogen-bond donors (Lipinski definition) is 1. The van der Waals surface area contributed by atoms with E-state index in [1.165, 1.54) is 69.4 Å². The van der Waals surface area contributed by atoms with Crippen LogP contribution in [0.5, 0.6) is 5.75 Å².